The lowest BCUT2D eigenvalue weighted by Gasteiger charge is -2.21. The number of carbonyl (C=O) groups is 4. The van der Waals surface area contributed by atoms with Gasteiger partial charge >= 0.3 is 39.5 Å². The number of unbranched alkanes of at least 4 members (excludes halogenated alkanes) is 20. The number of rotatable bonds is 70. The van der Waals surface area contributed by atoms with Gasteiger partial charge in [0.2, 0.25) is 0 Å². The number of hydrogen-bond acceptors (Lipinski definition) is 15. The molecule has 570 valence electrons. The van der Waals surface area contributed by atoms with Crippen molar-refractivity contribution in [1.82, 2.24) is 0 Å². The molecule has 0 aliphatic rings. The van der Waals surface area contributed by atoms with E-state index in [1.807, 2.05) is 0 Å². The van der Waals surface area contributed by atoms with Crippen LogP contribution >= 0.6 is 15.6 Å². The molecule has 0 saturated heterocycles. The molecule has 0 aromatic heterocycles. The van der Waals surface area contributed by atoms with Crippen LogP contribution in [0.2, 0.25) is 0 Å². The minimum atomic E-state index is -4.99. The zero-order valence-corrected chi connectivity index (χ0v) is 63.9. The largest absolute Gasteiger partial charge is 0.472 e. The number of hydrogen-bond donors (Lipinski definition) is 3. The van der Waals surface area contributed by atoms with Gasteiger partial charge in [-0.05, 0) is 154 Å². The summed E-state index contributed by atoms with van der Waals surface area (Å²) in [6.07, 6.45) is 81.4. The lowest BCUT2D eigenvalue weighted by Crippen LogP contribution is -2.30. The smallest absolute Gasteiger partial charge is 0.462 e. The van der Waals surface area contributed by atoms with E-state index in [1.165, 1.54) is 25.7 Å². The Kier molecular flexibility index (Phi) is 68.6. The standard InChI is InChI=1S/C81H134O17P2/c1-5-9-13-17-21-25-29-31-33-35-37-39-41-43-47-49-53-57-61-65-78(83)91-71-76(97-80(85)67-63-59-55-51-45-27-23-19-15-11-7-3)73-95-99(87,88)93-69-75(82)70-94-100(89,90)96-74-77(98-81(86)68-64-60-56-52-46-28-24-20-16-12-8-4)72-92-79(84)66-62-58-54-50-48-44-42-40-38-36-34-32-30-26-22-18-14-10-6-2/h9-10,13-14,19-26,31-34,37-40,43-44,47-48,75-77,82H,5-8,11-12,15-18,27-30,35-36,41-42,45-46,49-74H2,1-4H3,(H,87,88)(H,89,90)/b13-9-,14-10-,23-19-,24-20-,25-21-,26-22-,33-31-,34-32-,39-37-,40-38-,47-43-,48-44-. The molecule has 4 atom stereocenters. The highest BCUT2D eigenvalue weighted by Gasteiger charge is 2.30. The van der Waals surface area contributed by atoms with E-state index < -0.39 is 97.5 Å². The highest BCUT2D eigenvalue weighted by Crippen LogP contribution is 2.45. The number of phosphoric acid groups is 2. The molecule has 0 fully saturated rings. The zero-order chi connectivity index (χ0) is 73.2. The van der Waals surface area contributed by atoms with E-state index in [0.717, 1.165) is 180 Å². The fraction of sp³-hybridized carbons (Fsp3) is 0.654. The minimum absolute atomic E-state index is 0.0722. The van der Waals surface area contributed by atoms with E-state index in [9.17, 15) is 43.2 Å². The van der Waals surface area contributed by atoms with Crippen LogP contribution in [0.1, 0.15) is 285 Å². The average Bonchev–Trinajstić information content (AvgIpc) is 0.953. The van der Waals surface area contributed by atoms with Gasteiger partial charge in [0, 0.05) is 25.7 Å². The van der Waals surface area contributed by atoms with Crippen LogP contribution in [0.15, 0.2) is 146 Å². The summed E-state index contributed by atoms with van der Waals surface area (Å²) in [4.78, 5) is 72.8. The third-order valence-corrected chi connectivity index (χ3v) is 17.2. The molecular formula is C81H134O17P2. The molecule has 0 aromatic carbocycles. The first-order valence-electron chi connectivity index (χ1n) is 38.1. The van der Waals surface area contributed by atoms with Crippen LogP contribution in [0.25, 0.3) is 0 Å². The highest BCUT2D eigenvalue weighted by molar-refractivity contribution is 7.47. The summed E-state index contributed by atoms with van der Waals surface area (Å²) in [6, 6.07) is 0. The second-order valence-electron chi connectivity index (χ2n) is 24.8. The summed E-state index contributed by atoms with van der Waals surface area (Å²) in [6.45, 7) is 4.45. The van der Waals surface area contributed by atoms with Crippen molar-refractivity contribution in [3.05, 3.63) is 146 Å². The maximum Gasteiger partial charge on any atom is 0.472 e. The van der Waals surface area contributed by atoms with Crippen molar-refractivity contribution in [3.63, 3.8) is 0 Å². The normalized spacial score (nSPS) is 14.8. The third kappa shape index (κ3) is 71.3. The van der Waals surface area contributed by atoms with Gasteiger partial charge in [0.15, 0.2) is 12.2 Å². The Morgan fingerprint density at radius 2 is 0.520 bits per heavy atom. The Morgan fingerprint density at radius 3 is 0.820 bits per heavy atom. The summed E-state index contributed by atoms with van der Waals surface area (Å²) in [5, 5.41) is 10.6. The van der Waals surface area contributed by atoms with Crippen LogP contribution in [0.4, 0.5) is 0 Å². The fourth-order valence-corrected chi connectivity index (χ4v) is 11.0. The molecule has 0 bridgehead atoms. The highest BCUT2D eigenvalue weighted by atomic mass is 31.2. The van der Waals surface area contributed by atoms with Crippen LogP contribution in [0.5, 0.6) is 0 Å². The van der Waals surface area contributed by atoms with Gasteiger partial charge in [0.05, 0.1) is 26.4 Å². The Hall–Kier alpha value is -5.06. The van der Waals surface area contributed by atoms with Gasteiger partial charge in [-0.25, -0.2) is 9.13 Å². The van der Waals surface area contributed by atoms with E-state index in [4.69, 9.17) is 37.0 Å². The molecule has 100 heavy (non-hydrogen) atoms. The molecule has 0 heterocycles. The van der Waals surface area contributed by atoms with Crippen LogP contribution < -0.4 is 0 Å². The van der Waals surface area contributed by atoms with E-state index in [2.05, 4.69) is 174 Å². The lowest BCUT2D eigenvalue weighted by atomic mass is 10.1. The molecule has 0 saturated carbocycles. The maximum absolute atomic E-state index is 13.1. The van der Waals surface area contributed by atoms with Gasteiger partial charge in [0.1, 0.15) is 19.3 Å². The molecule has 0 aromatic rings. The Morgan fingerprint density at radius 1 is 0.290 bits per heavy atom. The van der Waals surface area contributed by atoms with Crippen molar-refractivity contribution in [2.75, 3.05) is 39.6 Å². The van der Waals surface area contributed by atoms with Gasteiger partial charge in [-0.3, -0.25) is 37.3 Å². The number of aliphatic hydroxyl groups is 1. The number of esters is 4. The number of ether oxygens (including phenoxy) is 4. The third-order valence-electron chi connectivity index (χ3n) is 15.3. The molecular weight excluding hydrogens is 1310 g/mol. The summed E-state index contributed by atoms with van der Waals surface area (Å²) >= 11 is 0. The van der Waals surface area contributed by atoms with E-state index >= 15 is 0 Å². The molecule has 0 amide bonds. The predicted molar refractivity (Wildman–Crippen MR) is 408 cm³/mol. The monoisotopic (exact) mass is 1440 g/mol. The average molecular weight is 1440 g/mol. The molecule has 0 radical (unpaired) electrons. The molecule has 0 spiro atoms. The Balaban J connectivity index is 5.35. The first kappa shape index (κ1) is 94.9. The zero-order valence-electron chi connectivity index (χ0n) is 62.1. The predicted octanol–water partition coefficient (Wildman–Crippen LogP) is 21.9. The van der Waals surface area contributed by atoms with Crippen molar-refractivity contribution in [3.8, 4) is 0 Å². The van der Waals surface area contributed by atoms with E-state index in [1.54, 1.807) is 0 Å². The molecule has 3 N–H and O–H groups in total. The first-order valence-corrected chi connectivity index (χ1v) is 41.1. The quantitative estimate of drug-likeness (QED) is 0.0169. The molecule has 0 aliphatic carbocycles. The Bertz CT molecular complexity index is 2300. The van der Waals surface area contributed by atoms with Crippen LogP contribution in [-0.2, 0) is 65.4 Å². The number of allylic oxidation sites excluding steroid dienone is 24. The summed E-state index contributed by atoms with van der Waals surface area (Å²) in [5.41, 5.74) is 0. The number of aliphatic hydroxyl groups excluding tert-OH is 1. The van der Waals surface area contributed by atoms with Crippen LogP contribution in [-0.4, -0.2) is 96.7 Å². The molecule has 4 unspecified atom stereocenters. The van der Waals surface area contributed by atoms with Gasteiger partial charge in [0.25, 0.3) is 0 Å². The van der Waals surface area contributed by atoms with Gasteiger partial charge in [-0.15, -0.1) is 0 Å². The van der Waals surface area contributed by atoms with Crippen molar-refractivity contribution in [2.45, 2.75) is 303 Å². The lowest BCUT2D eigenvalue weighted by molar-refractivity contribution is -0.161. The second-order valence-corrected chi connectivity index (χ2v) is 27.7. The van der Waals surface area contributed by atoms with Crippen LogP contribution in [0.3, 0.4) is 0 Å². The van der Waals surface area contributed by atoms with Gasteiger partial charge in [-0.2, -0.15) is 0 Å². The summed E-state index contributed by atoms with van der Waals surface area (Å²) in [5.74, 6) is -2.28. The topological polar surface area (TPSA) is 237 Å². The molecule has 0 rings (SSSR count). The maximum atomic E-state index is 13.1. The molecule has 17 nitrogen and oxygen atoms in total. The first-order chi connectivity index (χ1) is 48.7. The van der Waals surface area contributed by atoms with Crippen molar-refractivity contribution >= 4 is 39.5 Å². The number of phosphoric ester groups is 2. The SMILES string of the molecule is CC/C=C\C/C=C\C/C=C\C/C=C\C/C=C\CCCCCC(=O)OCC(COP(=O)(O)OCC(O)COP(=O)(O)OCC(COC(=O)CCCCC/C=C\C/C=C\C/C=C\C/C=C\C/C=C\CC)OC(=O)CCCCCCC/C=C\CCCC)OC(=O)CCCCCCC/C=C\CCCC. The fourth-order valence-electron chi connectivity index (χ4n) is 9.47. The molecule has 19 heteroatoms. The second kappa shape index (κ2) is 72.3. The summed E-state index contributed by atoms with van der Waals surface area (Å²) in [7, 11) is -9.97. The number of carbonyl (C=O) groups excluding carboxylic acids is 4. The minimum Gasteiger partial charge on any atom is -0.462 e. The van der Waals surface area contributed by atoms with E-state index in [-0.39, 0.29) is 25.7 Å². The van der Waals surface area contributed by atoms with E-state index in [0.29, 0.717) is 25.7 Å². The Labute approximate surface area is 605 Å². The van der Waals surface area contributed by atoms with Gasteiger partial charge in [-0.1, -0.05) is 251 Å². The van der Waals surface area contributed by atoms with Crippen LogP contribution in [0, 0.1) is 0 Å². The van der Waals surface area contributed by atoms with Crippen molar-refractivity contribution in [2.24, 2.45) is 0 Å². The van der Waals surface area contributed by atoms with Crippen molar-refractivity contribution < 1.29 is 80.2 Å². The van der Waals surface area contributed by atoms with Crippen molar-refractivity contribution in [1.29, 1.82) is 0 Å². The van der Waals surface area contributed by atoms with Gasteiger partial charge < -0.3 is 33.8 Å². The molecule has 0 aliphatic heterocycles. The summed E-state index contributed by atoms with van der Waals surface area (Å²) < 4.78 is 68.3.